The quantitative estimate of drug-likeness (QED) is 0.0765. The van der Waals surface area contributed by atoms with Crippen LogP contribution >= 0.6 is 18.8 Å². The van der Waals surface area contributed by atoms with Gasteiger partial charge in [-0.25, -0.2) is 9.59 Å². The van der Waals surface area contributed by atoms with Gasteiger partial charge in [0.15, 0.2) is 0 Å². The van der Waals surface area contributed by atoms with Gasteiger partial charge in [-0.05, 0) is 24.8 Å². The molecule has 1 aliphatic rings. The number of carboxylic acids is 5. The van der Waals surface area contributed by atoms with Gasteiger partial charge in [0.1, 0.15) is 0 Å². The van der Waals surface area contributed by atoms with Crippen molar-refractivity contribution in [3.63, 3.8) is 0 Å². The number of halogens is 2. The van der Waals surface area contributed by atoms with Crippen molar-refractivity contribution in [1.29, 1.82) is 0 Å². The largest absolute Gasteiger partial charge is 2.00 e. The van der Waals surface area contributed by atoms with Crippen molar-refractivity contribution in [3.05, 3.63) is 67.1 Å². The Morgan fingerprint density at radius 3 is 1.45 bits per heavy atom. The van der Waals surface area contributed by atoms with Crippen LogP contribution in [0.5, 0.6) is 0 Å². The first-order chi connectivity index (χ1) is 20.2. The summed E-state index contributed by atoms with van der Waals surface area (Å²) in [6.07, 6.45) is 6.16. The minimum Gasteiger partial charge on any atom is -0.693 e. The third kappa shape index (κ3) is 50.9. The van der Waals surface area contributed by atoms with E-state index in [4.69, 9.17) is 65.4 Å². The van der Waals surface area contributed by atoms with Gasteiger partial charge in [-0.2, -0.15) is 12.1 Å². The summed E-state index contributed by atoms with van der Waals surface area (Å²) in [5.74, 6) is -6.66. The molecule has 12 N–H and O–H groups in total. The summed E-state index contributed by atoms with van der Waals surface area (Å²) in [7, 11) is 9.75. The minimum absolute atomic E-state index is 0. The second-order valence-corrected chi connectivity index (χ2v) is 11.9. The van der Waals surface area contributed by atoms with Gasteiger partial charge in [-0.1, -0.05) is 56.0 Å². The number of amides is 1. The van der Waals surface area contributed by atoms with Crippen LogP contribution in [0.15, 0.2) is 30.3 Å². The Kier molecular flexibility index (Phi) is 53.6. The van der Waals surface area contributed by atoms with E-state index in [2.05, 4.69) is 5.32 Å². The Morgan fingerprint density at radius 1 is 0.723 bits per heavy atom. The number of nitrogens with two attached hydrogens (primary N) is 2. The smallest absolute Gasteiger partial charge is 0.693 e. The summed E-state index contributed by atoms with van der Waals surface area (Å²) in [4.78, 5) is 59.4. The fraction of sp³-hybridized carbons (Fsp3) is 0.519. The van der Waals surface area contributed by atoms with E-state index in [0.29, 0.717) is 6.42 Å². The molecule has 0 heterocycles. The van der Waals surface area contributed by atoms with Crippen molar-refractivity contribution >= 4 is 54.6 Å². The molecule has 1 aliphatic carbocycles. The van der Waals surface area contributed by atoms with E-state index in [-0.39, 0.29) is 91.0 Å². The monoisotopic (exact) mass is 1080 g/mol. The fourth-order valence-corrected chi connectivity index (χ4v) is 3.00. The van der Waals surface area contributed by atoms with Gasteiger partial charge in [0.25, 0.3) is 0 Å². The molecule has 2 unspecified atom stereocenters. The van der Waals surface area contributed by atoms with E-state index >= 15 is 0 Å². The van der Waals surface area contributed by atoms with E-state index in [0.717, 1.165) is 25.7 Å². The molecule has 0 aromatic heterocycles. The van der Waals surface area contributed by atoms with Crippen LogP contribution in [0.2, 0.25) is 0 Å². The van der Waals surface area contributed by atoms with Crippen LogP contribution in [-0.2, 0) is 72.7 Å². The molecule has 47 heavy (non-hydrogen) atoms. The second-order valence-electron chi connectivity index (χ2n) is 8.63. The minimum atomic E-state index is -1.82. The van der Waals surface area contributed by atoms with Crippen LogP contribution in [0.1, 0.15) is 69.8 Å². The molecule has 1 fully saturated rings. The summed E-state index contributed by atoms with van der Waals surface area (Å²) >= 11 is -0.472. The molecule has 1 aromatic carbocycles. The maximum atomic E-state index is 10.9. The average molecular weight is 1080 g/mol. The predicted octanol–water partition coefficient (Wildman–Crippen LogP) is 6.74. The fourth-order valence-electron chi connectivity index (χ4n) is 3.00. The molecular weight excluding hydrogens is 1030 g/mol. The number of carbonyl (C=O) groups excluding carboxylic acids is 1. The van der Waals surface area contributed by atoms with Crippen molar-refractivity contribution in [2.75, 3.05) is 6.54 Å². The van der Waals surface area contributed by atoms with Gasteiger partial charge in [0.05, 0.1) is 6.42 Å². The first-order valence-corrected chi connectivity index (χ1v) is 18.5. The molecule has 0 aliphatic heterocycles. The number of carbonyl (C=O) groups is 6. The zero-order chi connectivity index (χ0) is 33.6. The van der Waals surface area contributed by atoms with Gasteiger partial charge < -0.3 is 62.0 Å². The first kappa shape index (κ1) is 60.2. The summed E-state index contributed by atoms with van der Waals surface area (Å²) in [6.45, 7) is 0.269. The van der Waals surface area contributed by atoms with Gasteiger partial charge in [-0.15, -0.1) is 0 Å². The van der Waals surface area contributed by atoms with E-state index in [9.17, 15) is 19.2 Å². The molecule has 1 aromatic rings. The van der Waals surface area contributed by atoms with Gasteiger partial charge in [-0.3, -0.25) is 19.2 Å². The van der Waals surface area contributed by atoms with Gasteiger partial charge >= 0.3 is 86.2 Å². The standard InChI is InChI=1S/C10H12O2.C8H13NO5.C6H12N2.C2H2O4.CH3.2ClH.2H2N.2Pt/c11-10(12)8-4-7-9-5-2-1-3-6-9;10-6(3-4-8(13)14)9-5-1-2-7(11)12;7-5-3-1-2-4-6(5)8;3-1(4)2(5)6;;;;;;;/h1-3,5-6H,4,7-8H2,(H,11,12);1-5H2,(H,9,10)(H,11,12)(H,13,14);5-8H,1-4H2;(H,3,4)(H,5,6);1H3;2*1H;2*1H2;;/q;;-2;;-1;;;2*-1;2*+2/p-2. The van der Waals surface area contributed by atoms with E-state index < -0.39 is 46.3 Å². The summed E-state index contributed by atoms with van der Waals surface area (Å²) in [5.41, 5.74) is 15.8. The zero-order valence-corrected chi connectivity index (χ0v) is 31.8. The van der Waals surface area contributed by atoms with Crippen molar-refractivity contribution < 1.29 is 91.8 Å². The van der Waals surface area contributed by atoms with Crippen LogP contribution in [0, 0.1) is 7.43 Å². The number of benzene rings is 1. The summed E-state index contributed by atoms with van der Waals surface area (Å²) in [5, 5.41) is 42.1. The van der Waals surface area contributed by atoms with Crippen LogP contribution in [0.25, 0.3) is 23.8 Å². The number of hydrogen-bond acceptors (Lipinski definition) is 6. The summed E-state index contributed by atoms with van der Waals surface area (Å²) in [6, 6.07) is 9.77. The third-order valence-corrected chi connectivity index (χ3v) is 5.10. The molecule has 282 valence electrons. The maximum absolute atomic E-state index is 10.9. The van der Waals surface area contributed by atoms with Crippen molar-refractivity contribution in [3.8, 4) is 0 Å². The number of rotatable bonds is 11. The van der Waals surface area contributed by atoms with Crippen molar-refractivity contribution in [2.24, 2.45) is 0 Å². The average Bonchev–Trinajstić information content (AvgIpc) is 2.93. The SMILES string of the molecule is O=C(O)C(=O)O.O=C(O)CCCNC(=O)CCC(=O)O.O=C(O)CCCc1ccccc1.[CH3-].[Cl][Pt][Cl].[NH-]C1CCCCC1[NH-].[NH2-].[NH2-].[Pt+2]. The topological polar surface area (TPSA) is 330 Å². The first-order valence-electron chi connectivity index (χ1n) is 12.8. The molecule has 0 saturated heterocycles. The number of nitrogens with one attached hydrogen (secondary N) is 3. The number of carboxylic acid groups (broad SMARTS) is 5. The van der Waals surface area contributed by atoms with E-state index in [1.54, 1.807) is 0 Å². The Morgan fingerprint density at radius 2 is 1.11 bits per heavy atom. The van der Waals surface area contributed by atoms with Crippen LogP contribution in [-0.4, -0.2) is 79.9 Å². The zero-order valence-electron chi connectivity index (χ0n) is 25.8. The molecule has 0 bridgehead atoms. The predicted molar refractivity (Wildman–Crippen MR) is 172 cm³/mol. The van der Waals surface area contributed by atoms with Gasteiger partial charge in [0, 0.05) is 25.8 Å². The molecule has 16 nitrogen and oxygen atoms in total. The number of aliphatic carboxylic acids is 5. The van der Waals surface area contributed by atoms with Crippen molar-refractivity contribution in [2.45, 2.75) is 82.7 Å². The summed E-state index contributed by atoms with van der Waals surface area (Å²) < 4.78 is 0. The Labute approximate surface area is 306 Å². The van der Waals surface area contributed by atoms with Crippen LogP contribution in [0.3, 0.4) is 0 Å². The Hall–Kier alpha value is -2.16. The normalized spacial score (nSPS) is 13.4. The molecule has 1 saturated carbocycles. The molecular formula is C27H46Cl2N5O11Pt2-3. The molecule has 0 spiro atoms. The molecule has 1 amide bonds. The molecule has 2 rings (SSSR count). The van der Waals surface area contributed by atoms with Crippen LogP contribution in [0.4, 0.5) is 0 Å². The van der Waals surface area contributed by atoms with E-state index in [1.165, 1.54) is 18.4 Å². The van der Waals surface area contributed by atoms with Crippen molar-refractivity contribution in [1.82, 2.24) is 5.32 Å². The number of hydrogen-bond donors (Lipinski definition) is 6. The Balaban J connectivity index is -0.0000000887. The van der Waals surface area contributed by atoms with E-state index in [1.807, 2.05) is 30.3 Å². The molecule has 20 heteroatoms. The molecule has 2 atom stereocenters. The molecule has 0 radical (unpaired) electrons. The van der Waals surface area contributed by atoms with Gasteiger partial charge in [0.2, 0.25) is 5.91 Å². The third-order valence-electron chi connectivity index (χ3n) is 5.10. The Bertz CT molecular complexity index is 935. The maximum Gasteiger partial charge on any atom is 2.00 e. The van der Waals surface area contributed by atoms with Crippen LogP contribution < -0.4 is 5.32 Å². The second kappa shape index (κ2) is 41.9. The number of aryl methyl sites for hydroxylation is 1.